The van der Waals surface area contributed by atoms with Gasteiger partial charge < -0.3 is 15.4 Å². The second-order valence-electron chi connectivity index (χ2n) is 5.48. The highest BCUT2D eigenvalue weighted by Gasteiger charge is 2.31. The SMILES string of the molecule is O=[N+]([O-])c1c(Nc2ccc(OC(F)(F)F)cc2)ncnc1Nc1ccccc1Br. The normalized spacial score (nSPS) is 11.0. The molecule has 2 N–H and O–H groups in total. The Hall–Kier alpha value is -3.41. The van der Waals surface area contributed by atoms with Crippen molar-refractivity contribution >= 4 is 44.6 Å². The van der Waals surface area contributed by atoms with E-state index in [-0.39, 0.29) is 17.3 Å². The molecule has 12 heteroatoms. The van der Waals surface area contributed by atoms with E-state index in [2.05, 4.69) is 41.3 Å². The first-order valence-corrected chi connectivity index (χ1v) is 8.66. The molecule has 0 amide bonds. The van der Waals surface area contributed by atoms with Gasteiger partial charge in [-0.05, 0) is 52.3 Å². The molecule has 0 saturated carbocycles. The maximum atomic E-state index is 12.2. The van der Waals surface area contributed by atoms with Crippen LogP contribution in [-0.2, 0) is 0 Å². The van der Waals surface area contributed by atoms with Gasteiger partial charge in [0.25, 0.3) is 0 Å². The Morgan fingerprint density at radius 2 is 1.62 bits per heavy atom. The first kappa shape index (κ1) is 20.3. The fourth-order valence-electron chi connectivity index (χ4n) is 2.30. The standard InChI is InChI=1S/C17H11BrF3N5O3/c18-12-3-1-2-4-13(12)25-16-14(26(27)28)15(22-9-23-16)24-10-5-7-11(8-6-10)29-17(19,20)21/h1-9H,(H2,22,23,24,25). The van der Waals surface area contributed by atoms with Gasteiger partial charge in [-0.2, -0.15) is 0 Å². The van der Waals surface area contributed by atoms with Gasteiger partial charge >= 0.3 is 12.0 Å². The molecular weight excluding hydrogens is 459 g/mol. The van der Waals surface area contributed by atoms with E-state index < -0.39 is 22.7 Å². The molecule has 29 heavy (non-hydrogen) atoms. The first-order chi connectivity index (χ1) is 13.7. The highest BCUT2D eigenvalue weighted by atomic mass is 79.9. The second kappa shape index (κ2) is 8.31. The van der Waals surface area contributed by atoms with E-state index in [1.807, 2.05) is 0 Å². The third-order valence-electron chi connectivity index (χ3n) is 3.48. The molecular formula is C17H11BrF3N5O3. The van der Waals surface area contributed by atoms with Crippen molar-refractivity contribution < 1.29 is 22.8 Å². The number of halogens is 4. The molecule has 0 bridgehead atoms. The third kappa shape index (κ3) is 5.31. The lowest BCUT2D eigenvalue weighted by Gasteiger charge is -2.12. The topological polar surface area (TPSA) is 102 Å². The number of hydrogen-bond donors (Lipinski definition) is 2. The third-order valence-corrected chi connectivity index (χ3v) is 4.17. The largest absolute Gasteiger partial charge is 0.573 e. The number of nitrogens with zero attached hydrogens (tertiary/aromatic N) is 3. The zero-order valence-electron chi connectivity index (χ0n) is 14.3. The summed E-state index contributed by atoms with van der Waals surface area (Å²) in [5.74, 6) is -0.614. The summed E-state index contributed by atoms with van der Waals surface area (Å²) in [4.78, 5) is 18.7. The van der Waals surface area contributed by atoms with E-state index in [1.165, 1.54) is 12.1 Å². The second-order valence-corrected chi connectivity index (χ2v) is 6.33. The minimum absolute atomic E-state index is 0.0589. The van der Waals surface area contributed by atoms with Gasteiger partial charge in [0.05, 0.1) is 10.6 Å². The van der Waals surface area contributed by atoms with Crippen molar-refractivity contribution in [3.63, 3.8) is 0 Å². The van der Waals surface area contributed by atoms with Crippen LogP contribution in [0.5, 0.6) is 5.75 Å². The van der Waals surface area contributed by atoms with Gasteiger partial charge in [0.2, 0.25) is 11.6 Å². The molecule has 0 atom stereocenters. The van der Waals surface area contributed by atoms with E-state index >= 15 is 0 Å². The van der Waals surface area contributed by atoms with Crippen LogP contribution in [0.1, 0.15) is 0 Å². The highest BCUT2D eigenvalue weighted by molar-refractivity contribution is 9.10. The molecule has 150 valence electrons. The molecule has 0 fully saturated rings. The average molecular weight is 470 g/mol. The molecule has 0 spiro atoms. The van der Waals surface area contributed by atoms with Crippen LogP contribution in [0.2, 0.25) is 0 Å². The molecule has 8 nitrogen and oxygen atoms in total. The van der Waals surface area contributed by atoms with E-state index in [0.717, 1.165) is 18.5 Å². The summed E-state index contributed by atoms with van der Waals surface area (Å²) in [5, 5.41) is 17.2. The maximum absolute atomic E-state index is 12.2. The summed E-state index contributed by atoms with van der Waals surface area (Å²) in [6.07, 6.45) is -3.69. The van der Waals surface area contributed by atoms with Crippen molar-refractivity contribution in [1.82, 2.24) is 9.97 Å². The summed E-state index contributed by atoms with van der Waals surface area (Å²) in [6, 6.07) is 11.7. The highest BCUT2D eigenvalue weighted by Crippen LogP contribution is 2.35. The summed E-state index contributed by atoms with van der Waals surface area (Å²) < 4.78 is 41.2. The molecule has 0 aliphatic heterocycles. The number of alkyl halides is 3. The van der Waals surface area contributed by atoms with E-state index in [1.54, 1.807) is 24.3 Å². The average Bonchev–Trinajstić information content (AvgIpc) is 2.64. The Kier molecular flexibility index (Phi) is 5.82. The summed E-state index contributed by atoms with van der Waals surface area (Å²) in [6.45, 7) is 0. The van der Waals surface area contributed by atoms with Crippen LogP contribution in [0.25, 0.3) is 0 Å². The van der Waals surface area contributed by atoms with Gasteiger partial charge in [-0.15, -0.1) is 13.2 Å². The Balaban J connectivity index is 1.88. The molecule has 1 heterocycles. The molecule has 1 aromatic heterocycles. The lowest BCUT2D eigenvalue weighted by atomic mass is 10.3. The number of aromatic nitrogens is 2. The summed E-state index contributed by atoms with van der Waals surface area (Å²) >= 11 is 3.33. The van der Waals surface area contributed by atoms with Crippen LogP contribution in [0.3, 0.4) is 0 Å². The number of hydrogen-bond acceptors (Lipinski definition) is 7. The quantitative estimate of drug-likeness (QED) is 0.361. The molecule has 0 unspecified atom stereocenters. The number of para-hydroxylation sites is 1. The Morgan fingerprint density at radius 3 is 2.21 bits per heavy atom. The van der Waals surface area contributed by atoms with Gasteiger partial charge in [0, 0.05) is 10.2 Å². The van der Waals surface area contributed by atoms with Crippen LogP contribution in [-0.4, -0.2) is 21.3 Å². The number of nitro groups is 1. The molecule has 2 aromatic carbocycles. The smallest absolute Gasteiger partial charge is 0.406 e. The Labute approximate surface area is 170 Å². The van der Waals surface area contributed by atoms with Crippen LogP contribution in [0, 0.1) is 10.1 Å². The van der Waals surface area contributed by atoms with Crippen molar-refractivity contribution in [2.24, 2.45) is 0 Å². The van der Waals surface area contributed by atoms with Crippen LogP contribution < -0.4 is 15.4 Å². The molecule has 3 rings (SSSR count). The predicted molar refractivity (Wildman–Crippen MR) is 103 cm³/mol. The molecule has 0 aliphatic rings. The fraction of sp³-hybridized carbons (Fsp3) is 0.0588. The number of anilines is 4. The number of benzene rings is 2. The maximum Gasteiger partial charge on any atom is 0.573 e. The predicted octanol–water partition coefficient (Wildman–Crippen LogP) is 5.53. The van der Waals surface area contributed by atoms with Crippen molar-refractivity contribution in [3.8, 4) is 5.75 Å². The van der Waals surface area contributed by atoms with Gasteiger partial charge in [-0.3, -0.25) is 10.1 Å². The van der Waals surface area contributed by atoms with Crippen LogP contribution >= 0.6 is 15.9 Å². The lowest BCUT2D eigenvalue weighted by molar-refractivity contribution is -0.383. The van der Waals surface area contributed by atoms with Gasteiger partial charge in [-0.25, -0.2) is 9.97 Å². The van der Waals surface area contributed by atoms with Gasteiger partial charge in [-0.1, -0.05) is 12.1 Å². The monoisotopic (exact) mass is 469 g/mol. The number of ether oxygens (including phenoxy) is 1. The van der Waals surface area contributed by atoms with Crippen molar-refractivity contribution in [3.05, 3.63) is 69.4 Å². The number of nitrogens with one attached hydrogen (secondary N) is 2. The van der Waals surface area contributed by atoms with Crippen molar-refractivity contribution in [2.75, 3.05) is 10.6 Å². The lowest BCUT2D eigenvalue weighted by Crippen LogP contribution is -2.17. The zero-order chi connectivity index (χ0) is 21.0. The minimum atomic E-state index is -4.81. The molecule has 0 saturated heterocycles. The molecule has 3 aromatic rings. The Bertz CT molecular complexity index is 1030. The fourth-order valence-corrected chi connectivity index (χ4v) is 2.69. The zero-order valence-corrected chi connectivity index (χ0v) is 15.9. The van der Waals surface area contributed by atoms with Gasteiger partial charge in [0.15, 0.2) is 0 Å². The van der Waals surface area contributed by atoms with Crippen molar-refractivity contribution in [2.45, 2.75) is 6.36 Å². The number of rotatable bonds is 6. The molecule has 0 aliphatic carbocycles. The molecule has 0 radical (unpaired) electrons. The first-order valence-electron chi connectivity index (χ1n) is 7.87. The van der Waals surface area contributed by atoms with E-state index in [4.69, 9.17) is 0 Å². The van der Waals surface area contributed by atoms with E-state index in [0.29, 0.717) is 10.2 Å². The summed E-state index contributed by atoms with van der Waals surface area (Å²) in [7, 11) is 0. The summed E-state index contributed by atoms with van der Waals surface area (Å²) in [5.41, 5.74) is 0.390. The van der Waals surface area contributed by atoms with Gasteiger partial charge in [0.1, 0.15) is 12.1 Å². The van der Waals surface area contributed by atoms with Crippen LogP contribution in [0.4, 0.5) is 41.9 Å². The van der Waals surface area contributed by atoms with Crippen LogP contribution in [0.15, 0.2) is 59.3 Å². The minimum Gasteiger partial charge on any atom is -0.406 e. The van der Waals surface area contributed by atoms with Crippen molar-refractivity contribution in [1.29, 1.82) is 0 Å². The van der Waals surface area contributed by atoms with E-state index in [9.17, 15) is 23.3 Å². The Morgan fingerprint density at radius 1 is 1.00 bits per heavy atom.